The lowest BCUT2D eigenvalue weighted by Crippen LogP contribution is -2.06. The van der Waals surface area contributed by atoms with E-state index in [1.54, 1.807) is 24.3 Å². The molecule has 0 unspecified atom stereocenters. The molecule has 0 aliphatic rings. The van der Waals surface area contributed by atoms with Gasteiger partial charge in [0, 0.05) is 5.56 Å². The molecule has 0 aliphatic heterocycles. The van der Waals surface area contributed by atoms with Gasteiger partial charge in [-0.1, -0.05) is 0 Å². The Labute approximate surface area is 87.2 Å². The van der Waals surface area contributed by atoms with Gasteiger partial charge in [0.05, 0.1) is 6.54 Å². The second-order valence-corrected chi connectivity index (χ2v) is 3.18. The average molecular weight is 204 g/mol. The van der Waals surface area contributed by atoms with Gasteiger partial charge in [-0.2, -0.15) is 5.10 Å². The number of phenolic OH excluding ortho intramolecular Hbond substituents is 1. The summed E-state index contributed by atoms with van der Waals surface area (Å²) in [5.41, 5.74) is 0.881. The summed E-state index contributed by atoms with van der Waals surface area (Å²) >= 11 is 0. The fraction of sp³-hybridized carbons (Fsp3) is 0.200. The molecule has 3 N–H and O–H groups in total. The van der Waals surface area contributed by atoms with E-state index in [0.717, 1.165) is 11.4 Å². The number of aromatic hydroxyl groups is 1. The highest BCUT2D eigenvalue weighted by atomic mass is 16.3. The van der Waals surface area contributed by atoms with Gasteiger partial charge in [-0.3, -0.25) is 5.10 Å². The monoisotopic (exact) mass is 204 g/mol. The molecule has 0 amide bonds. The zero-order valence-corrected chi connectivity index (χ0v) is 8.36. The Kier molecular flexibility index (Phi) is 2.64. The Morgan fingerprint density at radius 2 is 2.07 bits per heavy atom. The van der Waals surface area contributed by atoms with Crippen molar-refractivity contribution in [2.24, 2.45) is 0 Å². The molecule has 15 heavy (non-hydrogen) atoms. The first-order valence-corrected chi connectivity index (χ1v) is 4.65. The zero-order chi connectivity index (χ0) is 10.7. The van der Waals surface area contributed by atoms with Crippen molar-refractivity contribution in [2.45, 2.75) is 6.54 Å². The lowest BCUT2D eigenvalue weighted by Gasteiger charge is -1.94. The molecule has 78 valence electrons. The van der Waals surface area contributed by atoms with E-state index in [1.165, 1.54) is 0 Å². The van der Waals surface area contributed by atoms with Gasteiger partial charge in [0.25, 0.3) is 0 Å². The van der Waals surface area contributed by atoms with Crippen molar-refractivity contribution in [1.29, 1.82) is 0 Å². The number of aromatic nitrogens is 3. The smallest absolute Gasteiger partial charge is 0.181 e. The molecule has 5 nitrogen and oxygen atoms in total. The number of rotatable bonds is 3. The van der Waals surface area contributed by atoms with E-state index in [0.29, 0.717) is 12.4 Å². The van der Waals surface area contributed by atoms with E-state index in [4.69, 9.17) is 5.11 Å². The quantitative estimate of drug-likeness (QED) is 0.694. The van der Waals surface area contributed by atoms with Crippen LogP contribution in [0.25, 0.3) is 11.4 Å². The average Bonchev–Trinajstić information content (AvgIpc) is 2.68. The van der Waals surface area contributed by atoms with Crippen molar-refractivity contribution >= 4 is 0 Å². The molecule has 0 aliphatic carbocycles. The summed E-state index contributed by atoms with van der Waals surface area (Å²) in [5.74, 6) is 1.67. The topological polar surface area (TPSA) is 73.8 Å². The molecule has 5 heteroatoms. The molecule has 0 radical (unpaired) electrons. The largest absolute Gasteiger partial charge is 0.508 e. The fourth-order valence-corrected chi connectivity index (χ4v) is 1.28. The highest BCUT2D eigenvalue weighted by Crippen LogP contribution is 2.17. The second kappa shape index (κ2) is 4.10. The normalized spacial score (nSPS) is 10.5. The highest BCUT2D eigenvalue weighted by molar-refractivity contribution is 5.55. The van der Waals surface area contributed by atoms with Crippen molar-refractivity contribution < 1.29 is 5.11 Å². The van der Waals surface area contributed by atoms with Crippen LogP contribution in [0.1, 0.15) is 5.82 Å². The third-order valence-electron chi connectivity index (χ3n) is 2.00. The lowest BCUT2D eigenvalue weighted by atomic mass is 10.2. The maximum atomic E-state index is 9.13. The van der Waals surface area contributed by atoms with Crippen molar-refractivity contribution in [3.8, 4) is 17.1 Å². The molecule has 1 aromatic carbocycles. The van der Waals surface area contributed by atoms with Crippen molar-refractivity contribution in [3.63, 3.8) is 0 Å². The van der Waals surface area contributed by atoms with Gasteiger partial charge in [-0.05, 0) is 31.3 Å². The van der Waals surface area contributed by atoms with Gasteiger partial charge in [0.1, 0.15) is 11.6 Å². The molecule has 1 aromatic heterocycles. The van der Waals surface area contributed by atoms with E-state index in [2.05, 4.69) is 20.5 Å². The predicted molar refractivity (Wildman–Crippen MR) is 56.2 cm³/mol. The minimum atomic E-state index is 0.240. The Morgan fingerprint density at radius 3 is 2.73 bits per heavy atom. The van der Waals surface area contributed by atoms with Crippen LogP contribution >= 0.6 is 0 Å². The maximum absolute atomic E-state index is 9.13. The van der Waals surface area contributed by atoms with Gasteiger partial charge < -0.3 is 10.4 Å². The van der Waals surface area contributed by atoms with Crippen molar-refractivity contribution in [2.75, 3.05) is 7.05 Å². The third-order valence-corrected chi connectivity index (χ3v) is 2.00. The van der Waals surface area contributed by atoms with E-state index >= 15 is 0 Å². The van der Waals surface area contributed by atoms with Gasteiger partial charge >= 0.3 is 0 Å². The summed E-state index contributed by atoms with van der Waals surface area (Å²) in [4.78, 5) is 4.29. The summed E-state index contributed by atoms with van der Waals surface area (Å²) in [5, 5.41) is 19.0. The Hall–Kier alpha value is -1.88. The number of benzene rings is 1. The summed E-state index contributed by atoms with van der Waals surface area (Å²) < 4.78 is 0. The Bertz CT molecular complexity index is 435. The second-order valence-electron chi connectivity index (χ2n) is 3.18. The van der Waals surface area contributed by atoms with E-state index in [-0.39, 0.29) is 5.75 Å². The fourth-order valence-electron chi connectivity index (χ4n) is 1.28. The minimum absolute atomic E-state index is 0.240. The van der Waals surface area contributed by atoms with E-state index in [1.807, 2.05) is 7.05 Å². The highest BCUT2D eigenvalue weighted by Gasteiger charge is 2.04. The number of hydrogen-bond acceptors (Lipinski definition) is 4. The Balaban J connectivity index is 2.25. The SMILES string of the molecule is CNCc1nc(-c2ccc(O)cc2)n[nH]1. The number of nitrogens with one attached hydrogen (secondary N) is 2. The molecule has 2 rings (SSSR count). The first-order valence-electron chi connectivity index (χ1n) is 4.65. The molecule has 0 atom stereocenters. The van der Waals surface area contributed by atoms with Gasteiger partial charge in [0.2, 0.25) is 0 Å². The molecule has 2 aromatic rings. The minimum Gasteiger partial charge on any atom is -0.508 e. The number of H-pyrrole nitrogens is 1. The standard InChI is InChI=1S/C10H12N4O/c1-11-6-9-12-10(14-13-9)7-2-4-8(15)5-3-7/h2-5,11,15H,6H2,1H3,(H,12,13,14). The van der Waals surface area contributed by atoms with E-state index < -0.39 is 0 Å². The lowest BCUT2D eigenvalue weighted by molar-refractivity contribution is 0.475. The first-order chi connectivity index (χ1) is 7.29. The molecule has 0 saturated carbocycles. The molecular formula is C10H12N4O. The number of phenols is 1. The summed E-state index contributed by atoms with van der Waals surface area (Å²) in [6, 6.07) is 6.79. The van der Waals surface area contributed by atoms with Crippen molar-refractivity contribution in [3.05, 3.63) is 30.1 Å². The molecular weight excluding hydrogens is 192 g/mol. The summed E-state index contributed by atoms with van der Waals surface area (Å²) in [6.07, 6.45) is 0. The zero-order valence-electron chi connectivity index (χ0n) is 8.36. The Morgan fingerprint density at radius 1 is 1.33 bits per heavy atom. The molecule has 0 bridgehead atoms. The number of nitrogens with zero attached hydrogens (tertiary/aromatic N) is 2. The van der Waals surface area contributed by atoms with Crippen LogP contribution in [-0.4, -0.2) is 27.3 Å². The van der Waals surface area contributed by atoms with Gasteiger partial charge in [-0.25, -0.2) is 4.98 Å². The maximum Gasteiger partial charge on any atom is 0.181 e. The van der Waals surface area contributed by atoms with Crippen LogP contribution in [0, 0.1) is 0 Å². The molecule has 1 heterocycles. The van der Waals surface area contributed by atoms with Crippen LogP contribution in [0.15, 0.2) is 24.3 Å². The molecule has 0 fully saturated rings. The van der Waals surface area contributed by atoms with Gasteiger partial charge in [0.15, 0.2) is 5.82 Å². The third kappa shape index (κ3) is 2.13. The van der Waals surface area contributed by atoms with Crippen molar-refractivity contribution in [1.82, 2.24) is 20.5 Å². The van der Waals surface area contributed by atoms with Crippen LogP contribution in [0.2, 0.25) is 0 Å². The van der Waals surface area contributed by atoms with Crippen LogP contribution in [0.5, 0.6) is 5.75 Å². The molecule has 0 saturated heterocycles. The van der Waals surface area contributed by atoms with Crippen LogP contribution in [0.3, 0.4) is 0 Å². The first kappa shape index (κ1) is 9.67. The summed E-state index contributed by atoms with van der Waals surface area (Å²) in [6.45, 7) is 0.658. The molecule has 0 spiro atoms. The van der Waals surface area contributed by atoms with Gasteiger partial charge in [-0.15, -0.1) is 0 Å². The summed E-state index contributed by atoms with van der Waals surface area (Å²) in [7, 11) is 1.85. The van der Waals surface area contributed by atoms with Crippen LogP contribution in [-0.2, 0) is 6.54 Å². The van der Waals surface area contributed by atoms with Crippen LogP contribution in [0.4, 0.5) is 0 Å². The number of aromatic amines is 1. The number of hydrogen-bond donors (Lipinski definition) is 3. The van der Waals surface area contributed by atoms with Crippen LogP contribution < -0.4 is 5.32 Å². The predicted octanol–water partition coefficient (Wildman–Crippen LogP) is 0.897. The van der Waals surface area contributed by atoms with E-state index in [9.17, 15) is 0 Å².